The largest absolute Gasteiger partial charge is 0.396 e. The Kier molecular flexibility index (Phi) is 5.02. The van der Waals surface area contributed by atoms with E-state index in [1.807, 2.05) is 0 Å². The van der Waals surface area contributed by atoms with E-state index in [1.54, 1.807) is 0 Å². The molecule has 1 saturated heterocycles. The van der Waals surface area contributed by atoms with E-state index < -0.39 is 15.6 Å². The molecule has 1 aliphatic heterocycles. The molecule has 0 atom stereocenters. The molecule has 21 heavy (non-hydrogen) atoms. The van der Waals surface area contributed by atoms with Crippen LogP contribution in [-0.4, -0.2) is 38.9 Å². The molecule has 0 saturated carbocycles. The average molecular weight is 355 g/mol. The zero-order chi connectivity index (χ0) is 15.7. The minimum absolute atomic E-state index is 0.00554. The number of rotatable bonds is 4. The molecule has 1 heterocycles. The molecule has 9 heteroatoms. The Morgan fingerprint density at radius 3 is 2.57 bits per heavy atom. The summed E-state index contributed by atoms with van der Waals surface area (Å²) in [7, 11) is -3.89. The Hall–Kier alpha value is -0.570. The van der Waals surface area contributed by atoms with Gasteiger partial charge in [-0.2, -0.15) is 0 Å². The molecule has 1 aromatic rings. The fourth-order valence-corrected chi connectivity index (χ4v) is 3.87. The maximum atomic E-state index is 12.3. The number of anilines is 1. The number of aliphatic hydroxyl groups is 1. The highest BCUT2D eigenvalue weighted by Gasteiger charge is 2.32. The molecule has 2 rings (SSSR count). The van der Waals surface area contributed by atoms with Crippen LogP contribution in [0.15, 0.2) is 17.0 Å². The summed E-state index contributed by atoms with van der Waals surface area (Å²) in [5, 5.41) is 10.3. The van der Waals surface area contributed by atoms with Crippen LogP contribution in [0.2, 0.25) is 10.0 Å². The maximum Gasteiger partial charge on any atom is 0.242 e. The van der Waals surface area contributed by atoms with Gasteiger partial charge in [0.25, 0.3) is 0 Å². The van der Waals surface area contributed by atoms with Gasteiger partial charge in [-0.3, -0.25) is 0 Å². The van der Waals surface area contributed by atoms with Crippen LogP contribution >= 0.6 is 23.2 Å². The normalized spacial score (nSPS) is 18.6. The summed E-state index contributed by atoms with van der Waals surface area (Å²) in [5.74, 6) is 0. The number of ether oxygens (including phenoxy) is 1. The van der Waals surface area contributed by atoms with Crippen LogP contribution in [0.25, 0.3) is 0 Å². The van der Waals surface area contributed by atoms with Crippen LogP contribution in [0, 0.1) is 0 Å². The Morgan fingerprint density at radius 1 is 1.33 bits per heavy atom. The summed E-state index contributed by atoms with van der Waals surface area (Å²) in [6.45, 7) is 0.678. The molecule has 1 aliphatic rings. The van der Waals surface area contributed by atoms with Gasteiger partial charge < -0.3 is 15.6 Å². The van der Waals surface area contributed by atoms with Crippen molar-refractivity contribution in [1.82, 2.24) is 4.72 Å². The van der Waals surface area contributed by atoms with Crippen LogP contribution in [0.5, 0.6) is 0 Å². The molecule has 0 amide bonds. The first-order chi connectivity index (χ1) is 9.75. The van der Waals surface area contributed by atoms with Crippen molar-refractivity contribution in [3.05, 3.63) is 22.2 Å². The van der Waals surface area contributed by atoms with Gasteiger partial charge in [-0.05, 0) is 12.1 Å². The smallest absolute Gasteiger partial charge is 0.242 e. The third-order valence-corrected chi connectivity index (χ3v) is 5.69. The van der Waals surface area contributed by atoms with Crippen molar-refractivity contribution in [3.63, 3.8) is 0 Å². The molecule has 0 bridgehead atoms. The summed E-state index contributed by atoms with van der Waals surface area (Å²) in [6.07, 6.45) is 0.734. The number of hydrogen-bond donors (Lipinski definition) is 3. The lowest BCUT2D eigenvalue weighted by Crippen LogP contribution is -2.46. The lowest BCUT2D eigenvalue weighted by Gasteiger charge is -2.32. The fourth-order valence-electron chi connectivity index (χ4n) is 1.99. The van der Waals surface area contributed by atoms with Crippen molar-refractivity contribution >= 4 is 38.9 Å². The average Bonchev–Trinajstić information content (AvgIpc) is 2.44. The van der Waals surface area contributed by atoms with Gasteiger partial charge in [0.05, 0.1) is 21.3 Å². The number of hydrogen-bond acceptors (Lipinski definition) is 5. The Morgan fingerprint density at radius 2 is 1.95 bits per heavy atom. The van der Waals surface area contributed by atoms with Gasteiger partial charge in [-0.25, -0.2) is 13.1 Å². The molecule has 0 radical (unpaired) electrons. The van der Waals surface area contributed by atoms with E-state index in [0.717, 1.165) is 0 Å². The van der Waals surface area contributed by atoms with E-state index in [-0.39, 0.29) is 27.2 Å². The topological polar surface area (TPSA) is 102 Å². The lowest BCUT2D eigenvalue weighted by molar-refractivity contribution is -0.0588. The minimum Gasteiger partial charge on any atom is -0.396 e. The molecule has 1 aromatic carbocycles. The van der Waals surface area contributed by atoms with E-state index >= 15 is 0 Å². The van der Waals surface area contributed by atoms with Gasteiger partial charge in [-0.15, -0.1) is 0 Å². The van der Waals surface area contributed by atoms with Gasteiger partial charge in [0, 0.05) is 32.6 Å². The number of halogens is 2. The van der Waals surface area contributed by atoms with Crippen LogP contribution in [0.4, 0.5) is 5.69 Å². The van der Waals surface area contributed by atoms with Crippen LogP contribution in [0.1, 0.15) is 12.8 Å². The molecule has 1 fully saturated rings. The minimum atomic E-state index is -3.89. The second kappa shape index (κ2) is 6.28. The van der Waals surface area contributed by atoms with Gasteiger partial charge in [0.15, 0.2) is 0 Å². The first-order valence-electron chi connectivity index (χ1n) is 6.28. The van der Waals surface area contributed by atoms with E-state index in [4.69, 9.17) is 33.7 Å². The zero-order valence-corrected chi connectivity index (χ0v) is 13.4. The van der Waals surface area contributed by atoms with Crippen LogP contribution in [0.3, 0.4) is 0 Å². The molecule has 6 nitrogen and oxygen atoms in total. The van der Waals surface area contributed by atoms with Gasteiger partial charge in [0.1, 0.15) is 4.90 Å². The van der Waals surface area contributed by atoms with Gasteiger partial charge in [-0.1, -0.05) is 23.2 Å². The Balaban J connectivity index is 2.17. The number of nitrogens with two attached hydrogens (primary N) is 1. The second-order valence-corrected chi connectivity index (χ2v) is 7.45. The van der Waals surface area contributed by atoms with Crippen molar-refractivity contribution in [1.29, 1.82) is 0 Å². The molecular formula is C12H16Cl2N2O4S. The van der Waals surface area contributed by atoms with E-state index in [1.165, 1.54) is 12.1 Å². The number of sulfonamides is 1. The van der Waals surface area contributed by atoms with Gasteiger partial charge in [0.2, 0.25) is 10.0 Å². The van der Waals surface area contributed by atoms with E-state index in [0.29, 0.717) is 26.1 Å². The monoisotopic (exact) mass is 354 g/mol. The predicted molar refractivity (Wildman–Crippen MR) is 81.1 cm³/mol. The number of nitrogen functional groups attached to an aromatic ring is 1. The maximum absolute atomic E-state index is 12.3. The van der Waals surface area contributed by atoms with Crippen molar-refractivity contribution in [2.24, 2.45) is 0 Å². The molecule has 0 aliphatic carbocycles. The summed E-state index contributed by atoms with van der Waals surface area (Å²) in [4.78, 5) is -0.165. The molecule has 0 aromatic heterocycles. The SMILES string of the molecule is Nc1c(Cl)ccc(S(=O)(=O)NCC2(O)CCOCC2)c1Cl. The van der Waals surface area contributed by atoms with E-state index in [2.05, 4.69) is 4.72 Å². The van der Waals surface area contributed by atoms with Gasteiger partial charge >= 0.3 is 0 Å². The van der Waals surface area contributed by atoms with Crippen molar-refractivity contribution < 1.29 is 18.3 Å². The summed E-state index contributed by atoms with van der Waals surface area (Å²) in [5.41, 5.74) is 4.51. The fraction of sp³-hybridized carbons (Fsp3) is 0.500. The van der Waals surface area contributed by atoms with Crippen LogP contribution in [-0.2, 0) is 14.8 Å². The number of nitrogens with one attached hydrogen (secondary N) is 1. The highest BCUT2D eigenvalue weighted by Crippen LogP contribution is 2.33. The van der Waals surface area contributed by atoms with Crippen molar-refractivity contribution in [2.45, 2.75) is 23.3 Å². The molecule has 0 spiro atoms. The van der Waals surface area contributed by atoms with Crippen molar-refractivity contribution in [2.75, 3.05) is 25.5 Å². The predicted octanol–water partition coefficient (Wildman–Crippen LogP) is 1.40. The van der Waals surface area contributed by atoms with Crippen LogP contribution < -0.4 is 10.5 Å². The molecular weight excluding hydrogens is 339 g/mol. The molecule has 118 valence electrons. The third-order valence-electron chi connectivity index (χ3n) is 3.40. The second-order valence-electron chi connectivity index (χ2n) is 4.93. The van der Waals surface area contributed by atoms with Crippen molar-refractivity contribution in [3.8, 4) is 0 Å². The standard InChI is InChI=1S/C12H16Cl2N2O4S/c13-8-1-2-9(10(14)11(8)15)21(18,19)16-7-12(17)3-5-20-6-4-12/h1-2,16-17H,3-7,15H2. The lowest BCUT2D eigenvalue weighted by atomic mass is 9.95. The Bertz CT molecular complexity index is 630. The highest BCUT2D eigenvalue weighted by molar-refractivity contribution is 7.89. The zero-order valence-electron chi connectivity index (χ0n) is 11.1. The summed E-state index contributed by atoms with van der Waals surface area (Å²) in [6, 6.07) is 2.64. The molecule has 0 unspecified atom stereocenters. The Labute approximate surface area is 133 Å². The quantitative estimate of drug-likeness (QED) is 0.709. The third kappa shape index (κ3) is 3.80. The highest BCUT2D eigenvalue weighted by atomic mass is 35.5. The van der Waals surface area contributed by atoms with E-state index in [9.17, 15) is 13.5 Å². The number of benzene rings is 1. The first kappa shape index (κ1) is 16.8. The molecule has 4 N–H and O–H groups in total. The summed E-state index contributed by atoms with van der Waals surface area (Å²) < 4.78 is 32.0. The summed E-state index contributed by atoms with van der Waals surface area (Å²) >= 11 is 11.7. The first-order valence-corrected chi connectivity index (χ1v) is 8.52.